The van der Waals surface area contributed by atoms with Gasteiger partial charge in [0, 0.05) is 17.4 Å². The zero-order valence-electron chi connectivity index (χ0n) is 11.8. The van der Waals surface area contributed by atoms with Gasteiger partial charge in [-0.3, -0.25) is 4.79 Å². The van der Waals surface area contributed by atoms with E-state index in [0.29, 0.717) is 17.9 Å². The van der Waals surface area contributed by atoms with Crippen molar-refractivity contribution >= 4 is 21.8 Å². The van der Waals surface area contributed by atoms with E-state index in [1.54, 1.807) is 0 Å². The van der Waals surface area contributed by atoms with Crippen molar-refractivity contribution in [2.75, 3.05) is 11.9 Å². The van der Waals surface area contributed by atoms with Crippen molar-refractivity contribution in [2.45, 2.75) is 41.0 Å². The number of furan rings is 1. The fourth-order valence-corrected chi connectivity index (χ4v) is 2.95. The summed E-state index contributed by atoms with van der Waals surface area (Å²) < 4.78 is 5.48. The van der Waals surface area contributed by atoms with E-state index >= 15 is 0 Å². The Morgan fingerprint density at radius 2 is 1.89 bits per heavy atom. The number of carbonyl (C=O) groups excluding carboxylic acids is 1. The second kappa shape index (κ2) is 5.91. The van der Waals surface area contributed by atoms with Crippen molar-refractivity contribution in [3.05, 3.63) is 22.6 Å². The van der Waals surface area contributed by atoms with Crippen LogP contribution in [0.5, 0.6) is 0 Å². The summed E-state index contributed by atoms with van der Waals surface area (Å²) in [6.07, 6.45) is 1.02. The quantitative estimate of drug-likeness (QED) is 0.841. The zero-order valence-corrected chi connectivity index (χ0v) is 13.4. The minimum Gasteiger partial charge on any atom is -0.466 e. The monoisotopic (exact) mass is 315 g/mol. The predicted octanol–water partition coefficient (Wildman–Crippen LogP) is 3.75. The molecule has 1 heterocycles. The molecule has 0 aliphatic carbocycles. The SMILES string of the molecule is Cc1oc(C)c(C(=O)NCC(C)(C)CCBr)c1C. The van der Waals surface area contributed by atoms with Crippen molar-refractivity contribution in [3.63, 3.8) is 0 Å². The van der Waals surface area contributed by atoms with Gasteiger partial charge in [-0.25, -0.2) is 0 Å². The number of hydrogen-bond donors (Lipinski definition) is 1. The van der Waals surface area contributed by atoms with E-state index in [-0.39, 0.29) is 11.3 Å². The van der Waals surface area contributed by atoms with Crippen LogP contribution in [0.1, 0.15) is 47.7 Å². The highest BCUT2D eigenvalue weighted by atomic mass is 79.9. The van der Waals surface area contributed by atoms with E-state index < -0.39 is 0 Å². The smallest absolute Gasteiger partial charge is 0.255 e. The molecule has 1 aromatic rings. The molecule has 0 bridgehead atoms. The van der Waals surface area contributed by atoms with Crippen molar-refractivity contribution in [2.24, 2.45) is 5.41 Å². The third-order valence-corrected chi connectivity index (χ3v) is 3.68. The van der Waals surface area contributed by atoms with Gasteiger partial charge in [0.2, 0.25) is 0 Å². The Morgan fingerprint density at radius 3 is 2.33 bits per heavy atom. The summed E-state index contributed by atoms with van der Waals surface area (Å²) in [4.78, 5) is 12.2. The van der Waals surface area contributed by atoms with Crippen molar-refractivity contribution < 1.29 is 9.21 Å². The first-order chi connectivity index (χ1) is 8.28. The third-order valence-electron chi connectivity index (χ3n) is 3.29. The number of alkyl halides is 1. The molecule has 0 unspecified atom stereocenters. The summed E-state index contributed by atoms with van der Waals surface area (Å²) in [5, 5.41) is 3.94. The molecule has 0 saturated carbocycles. The number of rotatable bonds is 5. The fourth-order valence-electron chi connectivity index (χ4n) is 1.88. The lowest BCUT2D eigenvalue weighted by Gasteiger charge is -2.23. The Bertz CT molecular complexity index is 435. The molecule has 4 heteroatoms. The number of carbonyl (C=O) groups is 1. The van der Waals surface area contributed by atoms with Crippen LogP contribution in [0.15, 0.2) is 4.42 Å². The average Bonchev–Trinajstić information content (AvgIpc) is 2.50. The molecule has 18 heavy (non-hydrogen) atoms. The van der Waals surface area contributed by atoms with Crippen LogP contribution in [0.3, 0.4) is 0 Å². The van der Waals surface area contributed by atoms with E-state index in [9.17, 15) is 4.79 Å². The Kier molecular flexibility index (Phi) is 5.02. The number of nitrogens with one attached hydrogen (secondary N) is 1. The average molecular weight is 316 g/mol. The van der Waals surface area contributed by atoms with Crippen molar-refractivity contribution in [1.29, 1.82) is 0 Å². The molecule has 0 fully saturated rings. The van der Waals surface area contributed by atoms with E-state index in [1.165, 1.54) is 0 Å². The summed E-state index contributed by atoms with van der Waals surface area (Å²) in [5.41, 5.74) is 1.71. The van der Waals surface area contributed by atoms with Gasteiger partial charge in [0.1, 0.15) is 11.5 Å². The highest BCUT2D eigenvalue weighted by molar-refractivity contribution is 9.09. The Morgan fingerprint density at radius 1 is 1.28 bits per heavy atom. The van der Waals surface area contributed by atoms with Gasteiger partial charge in [0.05, 0.1) is 5.56 Å². The van der Waals surface area contributed by atoms with E-state index in [2.05, 4.69) is 35.1 Å². The highest BCUT2D eigenvalue weighted by Crippen LogP contribution is 2.22. The first kappa shape index (κ1) is 15.3. The van der Waals surface area contributed by atoms with Crippen LogP contribution in [-0.2, 0) is 0 Å². The van der Waals surface area contributed by atoms with Crippen LogP contribution < -0.4 is 5.32 Å². The molecule has 1 aromatic heterocycles. The molecule has 3 nitrogen and oxygen atoms in total. The second-order valence-electron chi connectivity index (χ2n) is 5.50. The van der Waals surface area contributed by atoms with Crippen molar-refractivity contribution in [3.8, 4) is 0 Å². The molecule has 1 amide bonds. The molecule has 0 radical (unpaired) electrons. The lowest BCUT2D eigenvalue weighted by Crippen LogP contribution is -2.34. The Balaban J connectivity index is 2.72. The molecular formula is C14H22BrNO2. The lowest BCUT2D eigenvalue weighted by molar-refractivity contribution is 0.0934. The highest BCUT2D eigenvalue weighted by Gasteiger charge is 2.22. The fraction of sp³-hybridized carbons (Fsp3) is 0.643. The third kappa shape index (κ3) is 3.61. The Labute approximate surface area is 117 Å². The number of amides is 1. The van der Waals surface area contributed by atoms with Crippen LogP contribution in [-0.4, -0.2) is 17.8 Å². The van der Waals surface area contributed by atoms with E-state index in [4.69, 9.17) is 4.42 Å². The van der Waals surface area contributed by atoms with Crippen molar-refractivity contribution in [1.82, 2.24) is 5.32 Å². The molecule has 1 N–H and O–H groups in total. The van der Waals surface area contributed by atoms with Gasteiger partial charge in [0.15, 0.2) is 0 Å². The summed E-state index contributed by atoms with van der Waals surface area (Å²) in [7, 11) is 0. The minimum atomic E-state index is -0.0375. The molecule has 0 atom stereocenters. The molecule has 0 aliphatic rings. The van der Waals surface area contributed by atoms with Gasteiger partial charge < -0.3 is 9.73 Å². The van der Waals surface area contributed by atoms with Crippen LogP contribution >= 0.6 is 15.9 Å². The lowest BCUT2D eigenvalue weighted by atomic mass is 9.90. The Hall–Kier alpha value is -0.770. The number of aryl methyl sites for hydroxylation is 2. The van der Waals surface area contributed by atoms with E-state index in [1.807, 2.05) is 20.8 Å². The topological polar surface area (TPSA) is 42.2 Å². The second-order valence-corrected chi connectivity index (χ2v) is 6.29. The zero-order chi connectivity index (χ0) is 13.9. The molecule has 1 rings (SSSR count). The molecular weight excluding hydrogens is 294 g/mol. The molecule has 0 spiro atoms. The summed E-state index contributed by atoms with van der Waals surface area (Å²) in [5.74, 6) is 1.47. The summed E-state index contributed by atoms with van der Waals surface area (Å²) in [6.45, 7) is 10.6. The normalized spacial score (nSPS) is 11.7. The molecule has 0 aromatic carbocycles. The summed E-state index contributed by atoms with van der Waals surface area (Å²) in [6, 6.07) is 0. The molecule has 0 saturated heterocycles. The minimum absolute atomic E-state index is 0.0375. The van der Waals surface area contributed by atoms with Gasteiger partial charge in [0.25, 0.3) is 5.91 Å². The van der Waals surface area contributed by atoms with Gasteiger partial charge in [-0.1, -0.05) is 29.8 Å². The largest absolute Gasteiger partial charge is 0.466 e. The van der Waals surface area contributed by atoms with Gasteiger partial charge in [-0.15, -0.1) is 0 Å². The van der Waals surface area contributed by atoms with Crippen LogP contribution in [0, 0.1) is 26.2 Å². The maximum atomic E-state index is 12.2. The standard InChI is InChI=1S/C14H22BrNO2/c1-9-10(2)18-11(3)12(9)13(17)16-8-14(4,5)6-7-15/h6-8H2,1-5H3,(H,16,17). The maximum Gasteiger partial charge on any atom is 0.255 e. The summed E-state index contributed by atoms with van der Waals surface area (Å²) >= 11 is 3.44. The molecule has 102 valence electrons. The van der Waals surface area contributed by atoms with Crippen LogP contribution in [0.25, 0.3) is 0 Å². The van der Waals surface area contributed by atoms with Gasteiger partial charge in [-0.2, -0.15) is 0 Å². The maximum absolute atomic E-state index is 12.2. The first-order valence-corrected chi connectivity index (χ1v) is 7.31. The molecule has 0 aliphatic heterocycles. The van der Waals surface area contributed by atoms with Crippen LogP contribution in [0.2, 0.25) is 0 Å². The predicted molar refractivity (Wildman–Crippen MR) is 77.4 cm³/mol. The van der Waals surface area contributed by atoms with Crippen LogP contribution in [0.4, 0.5) is 0 Å². The number of hydrogen-bond acceptors (Lipinski definition) is 2. The van der Waals surface area contributed by atoms with E-state index in [0.717, 1.165) is 23.1 Å². The van der Waals surface area contributed by atoms with Gasteiger partial charge in [-0.05, 0) is 32.6 Å². The number of halogens is 1. The first-order valence-electron chi connectivity index (χ1n) is 6.19. The van der Waals surface area contributed by atoms with Gasteiger partial charge >= 0.3 is 0 Å².